The third-order valence-electron chi connectivity index (χ3n) is 3.09. The largest absolute Gasteiger partial charge is 0.342 e. The Morgan fingerprint density at radius 2 is 2.15 bits per heavy atom. The monoisotopic (exact) mass is 351 g/mol. The van der Waals surface area contributed by atoms with Crippen LogP contribution >= 0.6 is 28.1 Å². The van der Waals surface area contributed by atoms with E-state index in [1.54, 1.807) is 6.20 Å². The maximum Gasteiger partial charge on any atom is 0.144 e. The highest BCUT2D eigenvalue weighted by Gasteiger charge is 2.11. The van der Waals surface area contributed by atoms with E-state index in [0.29, 0.717) is 10.6 Å². The molecule has 0 aliphatic carbocycles. The van der Waals surface area contributed by atoms with Gasteiger partial charge in [-0.25, -0.2) is 4.98 Å². The molecule has 0 amide bonds. The summed E-state index contributed by atoms with van der Waals surface area (Å²) in [4.78, 5) is 12.1. The molecule has 0 saturated carbocycles. The van der Waals surface area contributed by atoms with Gasteiger partial charge in [0.15, 0.2) is 0 Å². The molecule has 2 aromatic heterocycles. The number of hydrogen-bond donors (Lipinski definition) is 1. The normalized spacial score (nSPS) is 11.1. The van der Waals surface area contributed by atoms with Crippen LogP contribution in [0, 0.1) is 10.6 Å². The minimum atomic E-state index is 0.551. The van der Waals surface area contributed by atoms with Gasteiger partial charge in [0.1, 0.15) is 10.5 Å². The first-order chi connectivity index (χ1) is 9.52. The average molecular weight is 352 g/mol. The van der Waals surface area contributed by atoms with Gasteiger partial charge >= 0.3 is 0 Å². The molecule has 1 N–H and O–H groups in total. The molecule has 2 aromatic rings. The maximum absolute atomic E-state index is 5.37. The van der Waals surface area contributed by atoms with Crippen LogP contribution in [-0.4, -0.2) is 15.0 Å². The molecule has 0 aromatic carbocycles. The van der Waals surface area contributed by atoms with Crippen molar-refractivity contribution in [3.05, 3.63) is 38.8 Å². The number of aryl methyl sites for hydroxylation is 1. The third kappa shape index (κ3) is 3.33. The molecule has 0 bridgehead atoms. The molecular weight excluding hydrogens is 334 g/mol. The van der Waals surface area contributed by atoms with E-state index in [1.807, 2.05) is 12.3 Å². The number of nitrogens with one attached hydrogen (secondary N) is 1. The molecule has 20 heavy (non-hydrogen) atoms. The Kier molecular flexibility index (Phi) is 5.05. The highest BCUT2D eigenvalue weighted by atomic mass is 79.9. The third-order valence-corrected chi connectivity index (χ3v) is 4.50. The van der Waals surface area contributed by atoms with Gasteiger partial charge in [-0.2, -0.15) is 0 Å². The van der Waals surface area contributed by atoms with Gasteiger partial charge in [-0.15, -0.1) is 0 Å². The zero-order valence-corrected chi connectivity index (χ0v) is 14.3. The van der Waals surface area contributed by atoms with Gasteiger partial charge in [-0.3, -0.25) is 4.98 Å². The van der Waals surface area contributed by atoms with Gasteiger partial charge in [-0.1, -0.05) is 33.0 Å². The zero-order valence-electron chi connectivity index (χ0n) is 11.9. The highest BCUT2D eigenvalue weighted by molar-refractivity contribution is 9.10. The fourth-order valence-corrected chi connectivity index (χ4v) is 2.69. The lowest BCUT2D eigenvalue weighted by Gasteiger charge is -2.12. The molecule has 5 heteroatoms. The molecule has 106 valence electrons. The second-order valence-corrected chi connectivity index (χ2v) is 6.35. The van der Waals surface area contributed by atoms with E-state index in [1.165, 1.54) is 5.56 Å². The van der Waals surface area contributed by atoms with Gasteiger partial charge in [0.2, 0.25) is 0 Å². The molecule has 0 saturated heterocycles. The van der Waals surface area contributed by atoms with Crippen molar-refractivity contribution in [2.24, 2.45) is 5.92 Å². The van der Waals surface area contributed by atoms with Crippen LogP contribution in [0.2, 0.25) is 0 Å². The average Bonchev–Trinajstić information content (AvgIpc) is 2.43. The van der Waals surface area contributed by atoms with Crippen LogP contribution in [0.3, 0.4) is 0 Å². The van der Waals surface area contributed by atoms with Crippen LogP contribution in [0.5, 0.6) is 0 Å². The lowest BCUT2D eigenvalue weighted by Crippen LogP contribution is -2.03. The molecule has 0 unspecified atom stereocenters. The minimum absolute atomic E-state index is 0.551. The van der Waals surface area contributed by atoms with Crippen molar-refractivity contribution < 1.29 is 0 Å². The lowest BCUT2D eigenvalue weighted by atomic mass is 10.1. The van der Waals surface area contributed by atoms with E-state index in [4.69, 9.17) is 12.2 Å². The van der Waals surface area contributed by atoms with E-state index < -0.39 is 0 Å². The molecule has 0 aliphatic rings. The van der Waals surface area contributed by atoms with E-state index >= 15 is 0 Å². The SMILES string of the molecule is CCc1cnccc1-c1nc(=S)c(Br)c(CC(C)C)[nH]1. The molecule has 0 aliphatic heterocycles. The van der Waals surface area contributed by atoms with E-state index in [9.17, 15) is 0 Å². The van der Waals surface area contributed by atoms with Crippen LogP contribution in [0.4, 0.5) is 0 Å². The van der Waals surface area contributed by atoms with Crippen LogP contribution in [-0.2, 0) is 12.8 Å². The van der Waals surface area contributed by atoms with Gasteiger partial charge in [0.05, 0.1) is 4.47 Å². The van der Waals surface area contributed by atoms with E-state index in [0.717, 1.165) is 34.4 Å². The van der Waals surface area contributed by atoms with Crippen molar-refractivity contribution in [2.75, 3.05) is 0 Å². The Labute approximate surface area is 133 Å². The quantitative estimate of drug-likeness (QED) is 0.809. The summed E-state index contributed by atoms with van der Waals surface area (Å²) in [7, 11) is 0. The first-order valence-electron chi connectivity index (χ1n) is 6.74. The van der Waals surface area contributed by atoms with Crippen LogP contribution < -0.4 is 0 Å². The highest BCUT2D eigenvalue weighted by Crippen LogP contribution is 2.25. The van der Waals surface area contributed by atoms with Crippen molar-refractivity contribution in [3.8, 4) is 11.4 Å². The Hall–Kier alpha value is -1.07. The fraction of sp³-hybridized carbons (Fsp3) is 0.400. The van der Waals surface area contributed by atoms with Crippen molar-refractivity contribution in [1.29, 1.82) is 0 Å². The second kappa shape index (κ2) is 6.59. The molecule has 3 nitrogen and oxygen atoms in total. The summed E-state index contributed by atoms with van der Waals surface area (Å²) >= 11 is 8.91. The first-order valence-corrected chi connectivity index (χ1v) is 7.95. The summed E-state index contributed by atoms with van der Waals surface area (Å²) in [5, 5.41) is 0. The summed E-state index contributed by atoms with van der Waals surface area (Å²) in [6.45, 7) is 6.49. The van der Waals surface area contributed by atoms with Crippen molar-refractivity contribution in [1.82, 2.24) is 15.0 Å². The van der Waals surface area contributed by atoms with Crippen LogP contribution in [0.25, 0.3) is 11.4 Å². The summed E-state index contributed by atoms with van der Waals surface area (Å²) in [5.41, 5.74) is 3.35. The lowest BCUT2D eigenvalue weighted by molar-refractivity contribution is 0.632. The summed E-state index contributed by atoms with van der Waals surface area (Å²) in [6, 6.07) is 1.99. The molecule has 2 heterocycles. The molecule has 0 atom stereocenters. The van der Waals surface area contributed by atoms with Gasteiger partial charge in [0.25, 0.3) is 0 Å². The van der Waals surface area contributed by atoms with Gasteiger partial charge < -0.3 is 4.98 Å². The molecular formula is C15H18BrN3S. The number of rotatable bonds is 4. The zero-order chi connectivity index (χ0) is 14.7. The Morgan fingerprint density at radius 3 is 2.80 bits per heavy atom. The number of aromatic nitrogens is 3. The van der Waals surface area contributed by atoms with Crippen molar-refractivity contribution in [2.45, 2.75) is 33.6 Å². The Bertz CT molecular complexity index is 664. The summed E-state index contributed by atoms with van der Waals surface area (Å²) < 4.78 is 1.50. The molecule has 0 radical (unpaired) electrons. The first kappa shape index (κ1) is 15.3. The van der Waals surface area contributed by atoms with E-state index in [-0.39, 0.29) is 0 Å². The second-order valence-electron chi connectivity index (χ2n) is 5.17. The number of hydrogen-bond acceptors (Lipinski definition) is 3. The molecule has 0 spiro atoms. The Balaban J connectivity index is 2.58. The predicted molar refractivity (Wildman–Crippen MR) is 88.3 cm³/mol. The van der Waals surface area contributed by atoms with Crippen LogP contribution in [0.1, 0.15) is 32.0 Å². The maximum atomic E-state index is 5.37. The Morgan fingerprint density at radius 1 is 1.40 bits per heavy atom. The minimum Gasteiger partial charge on any atom is -0.342 e. The number of aromatic amines is 1. The number of nitrogens with zero attached hydrogens (tertiary/aromatic N) is 2. The van der Waals surface area contributed by atoms with Gasteiger partial charge in [0, 0.05) is 23.7 Å². The molecule has 2 rings (SSSR count). The smallest absolute Gasteiger partial charge is 0.144 e. The topological polar surface area (TPSA) is 41.6 Å². The summed E-state index contributed by atoms with van der Waals surface area (Å²) in [6.07, 6.45) is 5.53. The number of H-pyrrole nitrogens is 1. The van der Waals surface area contributed by atoms with Crippen molar-refractivity contribution in [3.63, 3.8) is 0 Å². The summed E-state index contributed by atoms with van der Waals surface area (Å²) in [5.74, 6) is 1.38. The molecule has 0 fully saturated rings. The van der Waals surface area contributed by atoms with Crippen molar-refractivity contribution >= 4 is 28.1 Å². The number of pyridine rings is 1. The number of halogens is 1. The van der Waals surface area contributed by atoms with E-state index in [2.05, 4.69) is 51.7 Å². The standard InChI is InChI=1S/C15H18BrN3S/c1-4-10-8-17-6-5-11(10)14-18-12(7-9(2)3)13(16)15(20)19-14/h5-6,8-9H,4,7H2,1-3H3,(H,18,19,20). The fourth-order valence-electron chi connectivity index (χ4n) is 2.12. The predicted octanol–water partition coefficient (Wildman–Crippen LogP) is 4.72. The van der Waals surface area contributed by atoms with Gasteiger partial charge in [-0.05, 0) is 46.3 Å². The van der Waals surface area contributed by atoms with Crippen LogP contribution in [0.15, 0.2) is 22.9 Å².